The van der Waals surface area contributed by atoms with Crippen LogP contribution in [0, 0.1) is 16.7 Å². The van der Waals surface area contributed by atoms with Crippen molar-refractivity contribution in [2.24, 2.45) is 16.7 Å². The number of aromatic hydroxyl groups is 1. The number of rotatable bonds is 4. The molecule has 3 rings (SSSR count). The Morgan fingerprint density at radius 2 is 2.08 bits per heavy atom. The summed E-state index contributed by atoms with van der Waals surface area (Å²) in [6.45, 7) is 6.86. The molecular weight excluding hydrogens is 304 g/mol. The SMILES string of the molecule is COc1cc(/C=C/C(=O)O[C@@H]2C[C@H]3CC[C@]2(C)C3(C)C)ccc1O. The summed E-state index contributed by atoms with van der Waals surface area (Å²) in [6.07, 6.45) is 6.47. The number of ether oxygens (including phenoxy) is 2. The molecule has 0 aromatic heterocycles. The molecule has 2 fully saturated rings. The van der Waals surface area contributed by atoms with E-state index >= 15 is 0 Å². The van der Waals surface area contributed by atoms with Crippen LogP contribution in [0.3, 0.4) is 0 Å². The maximum absolute atomic E-state index is 12.2. The summed E-state index contributed by atoms with van der Waals surface area (Å²) in [5.74, 6) is 0.796. The van der Waals surface area contributed by atoms with Gasteiger partial charge in [0.05, 0.1) is 7.11 Å². The van der Waals surface area contributed by atoms with Crippen LogP contribution in [0.15, 0.2) is 24.3 Å². The van der Waals surface area contributed by atoms with E-state index in [0.717, 1.165) is 18.4 Å². The zero-order chi connectivity index (χ0) is 17.5. The molecule has 24 heavy (non-hydrogen) atoms. The van der Waals surface area contributed by atoms with Crippen molar-refractivity contribution >= 4 is 12.0 Å². The van der Waals surface area contributed by atoms with Crippen molar-refractivity contribution in [3.05, 3.63) is 29.8 Å². The lowest BCUT2D eigenvalue weighted by atomic mass is 9.70. The fraction of sp³-hybridized carbons (Fsp3) is 0.550. The van der Waals surface area contributed by atoms with Gasteiger partial charge in [-0.2, -0.15) is 0 Å². The minimum Gasteiger partial charge on any atom is -0.504 e. The third-order valence-electron chi connectivity index (χ3n) is 6.59. The Morgan fingerprint density at radius 1 is 1.33 bits per heavy atom. The molecule has 0 spiro atoms. The molecule has 1 aromatic carbocycles. The molecule has 2 aliphatic carbocycles. The van der Waals surface area contributed by atoms with Crippen LogP contribution in [-0.4, -0.2) is 24.3 Å². The summed E-state index contributed by atoms with van der Waals surface area (Å²) >= 11 is 0. The van der Waals surface area contributed by atoms with Crippen LogP contribution < -0.4 is 4.74 Å². The predicted molar refractivity (Wildman–Crippen MR) is 92.8 cm³/mol. The summed E-state index contributed by atoms with van der Waals surface area (Å²) in [4.78, 5) is 12.2. The lowest BCUT2D eigenvalue weighted by Crippen LogP contribution is -2.38. The third kappa shape index (κ3) is 2.58. The number of hydrogen-bond donors (Lipinski definition) is 1. The Bertz CT molecular complexity index is 676. The maximum Gasteiger partial charge on any atom is 0.331 e. The van der Waals surface area contributed by atoms with E-state index in [1.54, 1.807) is 24.3 Å². The number of carbonyl (C=O) groups excluding carboxylic acids is 1. The highest BCUT2D eigenvalue weighted by Gasteiger charge is 2.62. The van der Waals surface area contributed by atoms with Gasteiger partial charge in [0, 0.05) is 11.5 Å². The molecule has 130 valence electrons. The summed E-state index contributed by atoms with van der Waals surface area (Å²) in [7, 11) is 1.49. The molecule has 1 N–H and O–H groups in total. The van der Waals surface area contributed by atoms with E-state index in [-0.39, 0.29) is 28.7 Å². The summed E-state index contributed by atoms with van der Waals surface area (Å²) in [6, 6.07) is 4.95. The van der Waals surface area contributed by atoms with Crippen LogP contribution in [0.5, 0.6) is 11.5 Å². The van der Waals surface area contributed by atoms with Crippen LogP contribution in [0.25, 0.3) is 6.08 Å². The topological polar surface area (TPSA) is 55.8 Å². The van der Waals surface area contributed by atoms with Crippen molar-refractivity contribution < 1.29 is 19.4 Å². The number of hydrogen-bond acceptors (Lipinski definition) is 4. The van der Waals surface area contributed by atoms with Gasteiger partial charge in [-0.1, -0.05) is 26.8 Å². The Kier molecular flexibility index (Phi) is 4.10. The largest absolute Gasteiger partial charge is 0.504 e. The maximum atomic E-state index is 12.2. The van der Waals surface area contributed by atoms with Crippen molar-refractivity contribution in [3.8, 4) is 11.5 Å². The lowest BCUT2D eigenvalue weighted by Gasteiger charge is -2.38. The van der Waals surface area contributed by atoms with Crippen molar-refractivity contribution in [1.29, 1.82) is 0 Å². The summed E-state index contributed by atoms with van der Waals surface area (Å²) in [5.41, 5.74) is 1.08. The van der Waals surface area contributed by atoms with Crippen LogP contribution in [-0.2, 0) is 9.53 Å². The fourth-order valence-corrected chi connectivity index (χ4v) is 4.45. The van der Waals surface area contributed by atoms with Gasteiger partial charge in [0.1, 0.15) is 6.10 Å². The Labute approximate surface area is 143 Å². The minimum absolute atomic E-state index is 0.00208. The first kappa shape index (κ1) is 16.9. The van der Waals surface area contributed by atoms with E-state index in [9.17, 15) is 9.90 Å². The number of benzene rings is 1. The van der Waals surface area contributed by atoms with Crippen LogP contribution in [0.4, 0.5) is 0 Å². The van der Waals surface area contributed by atoms with Gasteiger partial charge < -0.3 is 14.6 Å². The van der Waals surface area contributed by atoms with Crippen LogP contribution >= 0.6 is 0 Å². The van der Waals surface area contributed by atoms with Gasteiger partial charge in [0.15, 0.2) is 11.5 Å². The Morgan fingerprint density at radius 3 is 2.67 bits per heavy atom. The average molecular weight is 330 g/mol. The normalized spacial score (nSPS) is 30.7. The number of fused-ring (bicyclic) bond motifs is 2. The van der Waals surface area contributed by atoms with Gasteiger partial charge in [-0.25, -0.2) is 4.79 Å². The van der Waals surface area contributed by atoms with E-state index in [2.05, 4.69) is 20.8 Å². The molecule has 0 saturated heterocycles. The fourth-order valence-electron chi connectivity index (χ4n) is 4.45. The van der Waals surface area contributed by atoms with E-state index in [1.165, 1.54) is 19.6 Å². The number of methoxy groups -OCH3 is 1. The molecule has 4 nitrogen and oxygen atoms in total. The van der Waals surface area contributed by atoms with Gasteiger partial charge in [-0.05, 0) is 54.4 Å². The molecule has 0 heterocycles. The molecule has 1 aromatic rings. The highest BCUT2D eigenvalue weighted by molar-refractivity contribution is 5.87. The average Bonchev–Trinajstić information content (AvgIpc) is 2.87. The zero-order valence-electron chi connectivity index (χ0n) is 14.8. The quantitative estimate of drug-likeness (QED) is 0.665. The van der Waals surface area contributed by atoms with Gasteiger partial charge >= 0.3 is 5.97 Å². The number of carbonyl (C=O) groups is 1. The van der Waals surface area contributed by atoms with Gasteiger partial charge in [-0.3, -0.25) is 0 Å². The molecule has 2 saturated carbocycles. The Hall–Kier alpha value is -1.97. The molecule has 4 heteroatoms. The molecule has 0 aliphatic heterocycles. The van der Waals surface area contributed by atoms with E-state index in [4.69, 9.17) is 9.47 Å². The first-order valence-electron chi connectivity index (χ1n) is 8.53. The Balaban J connectivity index is 1.67. The van der Waals surface area contributed by atoms with E-state index < -0.39 is 0 Å². The molecule has 2 aliphatic rings. The van der Waals surface area contributed by atoms with Gasteiger partial charge in [0.2, 0.25) is 0 Å². The molecular formula is C20H26O4. The standard InChI is InChI=1S/C20H26O4/c1-19(2)14-9-10-20(19,3)17(12-14)24-18(22)8-6-13-5-7-15(21)16(11-13)23-4/h5-8,11,14,17,21H,9-10,12H2,1-4H3/b8-6+/t14-,17-,20+/m1/s1. The minimum atomic E-state index is -0.309. The smallest absolute Gasteiger partial charge is 0.331 e. The third-order valence-corrected chi connectivity index (χ3v) is 6.59. The second-order valence-electron chi connectivity index (χ2n) is 7.80. The van der Waals surface area contributed by atoms with Crippen molar-refractivity contribution in [1.82, 2.24) is 0 Å². The number of esters is 1. The molecule has 3 atom stereocenters. The summed E-state index contributed by atoms with van der Waals surface area (Å²) < 4.78 is 10.8. The number of phenols is 1. The highest BCUT2D eigenvalue weighted by Crippen LogP contribution is 2.66. The lowest BCUT2D eigenvalue weighted by molar-refractivity contribution is -0.150. The van der Waals surface area contributed by atoms with E-state index in [0.29, 0.717) is 11.7 Å². The van der Waals surface area contributed by atoms with Crippen molar-refractivity contribution in [2.75, 3.05) is 7.11 Å². The zero-order valence-corrected chi connectivity index (χ0v) is 14.8. The monoisotopic (exact) mass is 330 g/mol. The van der Waals surface area contributed by atoms with Crippen LogP contribution in [0.2, 0.25) is 0 Å². The van der Waals surface area contributed by atoms with Crippen LogP contribution in [0.1, 0.15) is 45.6 Å². The van der Waals surface area contributed by atoms with Crippen molar-refractivity contribution in [2.45, 2.75) is 46.1 Å². The second kappa shape index (κ2) is 5.83. The van der Waals surface area contributed by atoms with Gasteiger partial charge in [0.25, 0.3) is 0 Å². The van der Waals surface area contributed by atoms with Gasteiger partial charge in [-0.15, -0.1) is 0 Å². The molecule has 0 radical (unpaired) electrons. The first-order valence-corrected chi connectivity index (χ1v) is 8.53. The van der Waals surface area contributed by atoms with Crippen molar-refractivity contribution in [3.63, 3.8) is 0 Å². The first-order chi connectivity index (χ1) is 11.3. The number of phenolic OH excluding ortho intramolecular Hbond substituents is 1. The van der Waals surface area contributed by atoms with E-state index in [1.807, 2.05) is 0 Å². The second-order valence-corrected chi connectivity index (χ2v) is 7.80. The molecule has 0 amide bonds. The summed E-state index contributed by atoms with van der Waals surface area (Å²) in [5, 5.41) is 9.60. The highest BCUT2D eigenvalue weighted by atomic mass is 16.5. The molecule has 2 bridgehead atoms. The molecule has 0 unspecified atom stereocenters. The predicted octanol–water partition coefficient (Wildman–Crippen LogP) is 4.17.